The smallest absolute Gasteiger partial charge is 0.262 e. The first kappa shape index (κ1) is 18.1. The van der Waals surface area contributed by atoms with Gasteiger partial charge in [0.05, 0.1) is 10.9 Å². The Balaban J connectivity index is 1.27. The Morgan fingerprint density at radius 2 is 1.83 bits per heavy atom. The minimum atomic E-state index is 0.0741. The number of benzene rings is 2. The molecule has 5 rings (SSSR count). The lowest BCUT2D eigenvalue weighted by Crippen LogP contribution is -2.22. The highest BCUT2D eigenvalue weighted by Crippen LogP contribution is 2.37. The maximum Gasteiger partial charge on any atom is 0.262 e. The van der Waals surface area contributed by atoms with Gasteiger partial charge in [0.1, 0.15) is 0 Å². The van der Waals surface area contributed by atoms with Crippen LogP contribution in [0.15, 0.2) is 69.1 Å². The van der Waals surface area contributed by atoms with Crippen molar-refractivity contribution in [2.24, 2.45) is 0 Å². The lowest BCUT2D eigenvalue weighted by molar-refractivity contribution is 0.378. The monoisotopic (exact) mass is 404 g/mol. The van der Waals surface area contributed by atoms with E-state index in [1.54, 1.807) is 11.8 Å². The molecular weight excluding hydrogens is 384 g/mol. The van der Waals surface area contributed by atoms with Crippen molar-refractivity contribution in [2.75, 3.05) is 5.75 Å². The molecule has 2 aromatic carbocycles. The average Bonchev–Trinajstić information content (AvgIpc) is 3.48. The topological polar surface area (TPSA) is 73.8 Å². The minimum absolute atomic E-state index is 0.0741. The second-order valence-electron chi connectivity index (χ2n) is 7.15. The number of hydrogen-bond donors (Lipinski definition) is 0. The second kappa shape index (κ2) is 7.83. The number of para-hydroxylation sites is 1. The molecule has 0 radical (unpaired) electrons. The van der Waals surface area contributed by atoms with E-state index in [-0.39, 0.29) is 5.56 Å². The summed E-state index contributed by atoms with van der Waals surface area (Å²) in [6, 6.07) is 17.7. The molecule has 1 aliphatic rings. The van der Waals surface area contributed by atoms with Crippen molar-refractivity contribution in [1.82, 2.24) is 19.7 Å². The normalized spacial score (nSPS) is 13.8. The van der Waals surface area contributed by atoms with E-state index in [9.17, 15) is 4.79 Å². The molecule has 6 nitrogen and oxygen atoms in total. The third-order valence-corrected chi connectivity index (χ3v) is 5.99. The highest BCUT2D eigenvalue weighted by Gasteiger charge is 2.28. The van der Waals surface area contributed by atoms with Crippen molar-refractivity contribution >= 4 is 22.7 Å². The van der Waals surface area contributed by atoms with Crippen molar-refractivity contribution in [3.63, 3.8) is 0 Å². The largest absolute Gasteiger partial charge is 0.339 e. The van der Waals surface area contributed by atoms with E-state index in [1.807, 2.05) is 59.2 Å². The number of nitrogens with zero attached hydrogens (tertiary/aromatic N) is 4. The molecule has 146 valence electrons. The lowest BCUT2D eigenvalue weighted by atomic mass is 10.2. The SMILES string of the molecule is O=c1c2ccccc2nc(SCCCc2nc(-c3ccccc3)no2)n1C1CC1. The lowest BCUT2D eigenvalue weighted by Gasteiger charge is -2.11. The Morgan fingerprint density at radius 3 is 2.66 bits per heavy atom. The summed E-state index contributed by atoms with van der Waals surface area (Å²) in [5.41, 5.74) is 1.79. The predicted octanol–water partition coefficient (Wildman–Crippen LogP) is 4.51. The molecule has 0 N–H and O–H groups in total. The van der Waals surface area contributed by atoms with Crippen LogP contribution in [0.3, 0.4) is 0 Å². The van der Waals surface area contributed by atoms with E-state index >= 15 is 0 Å². The fourth-order valence-corrected chi connectivity index (χ4v) is 4.34. The molecule has 0 aliphatic heterocycles. The standard InChI is InChI=1S/C22H20N4O2S/c27-21-17-9-4-5-10-18(17)23-22(26(21)16-12-13-16)29-14-6-11-19-24-20(25-28-19)15-7-2-1-3-8-15/h1-5,7-10,16H,6,11-14H2. The number of thioether (sulfide) groups is 1. The van der Waals surface area contributed by atoms with Crippen LogP contribution in [0.2, 0.25) is 0 Å². The number of hydrogen-bond acceptors (Lipinski definition) is 6. The summed E-state index contributed by atoms with van der Waals surface area (Å²) in [5, 5.41) is 5.57. The molecular formula is C22H20N4O2S. The van der Waals surface area contributed by atoms with E-state index in [0.29, 0.717) is 29.6 Å². The van der Waals surface area contributed by atoms with E-state index in [2.05, 4.69) is 10.1 Å². The first-order chi connectivity index (χ1) is 14.3. The van der Waals surface area contributed by atoms with Crippen molar-refractivity contribution < 1.29 is 4.52 Å². The highest BCUT2D eigenvalue weighted by atomic mass is 32.2. The molecule has 2 aromatic heterocycles. The molecule has 2 heterocycles. The average molecular weight is 404 g/mol. The van der Waals surface area contributed by atoms with E-state index in [0.717, 1.165) is 41.3 Å². The van der Waals surface area contributed by atoms with Gasteiger partial charge in [-0.25, -0.2) is 4.98 Å². The molecule has 1 aliphatic carbocycles. The fourth-order valence-electron chi connectivity index (χ4n) is 3.33. The number of fused-ring (bicyclic) bond motifs is 1. The zero-order valence-electron chi connectivity index (χ0n) is 15.8. The van der Waals surface area contributed by atoms with Crippen LogP contribution in [0.1, 0.15) is 31.2 Å². The zero-order chi connectivity index (χ0) is 19.6. The molecule has 0 atom stereocenters. The zero-order valence-corrected chi connectivity index (χ0v) is 16.6. The molecule has 4 aromatic rings. The van der Waals surface area contributed by atoms with Gasteiger partial charge in [-0.1, -0.05) is 59.4 Å². The van der Waals surface area contributed by atoms with Crippen LogP contribution in [-0.2, 0) is 6.42 Å². The van der Waals surface area contributed by atoms with Gasteiger partial charge >= 0.3 is 0 Å². The fraction of sp³-hybridized carbons (Fsp3) is 0.273. The molecule has 29 heavy (non-hydrogen) atoms. The number of aromatic nitrogens is 4. The Bertz CT molecular complexity index is 1200. The highest BCUT2D eigenvalue weighted by molar-refractivity contribution is 7.99. The summed E-state index contributed by atoms with van der Waals surface area (Å²) in [7, 11) is 0. The molecule has 1 saturated carbocycles. The van der Waals surface area contributed by atoms with Crippen molar-refractivity contribution in [2.45, 2.75) is 36.9 Å². The van der Waals surface area contributed by atoms with Crippen LogP contribution < -0.4 is 5.56 Å². The Labute approximate surface area is 172 Å². The molecule has 0 unspecified atom stereocenters. The van der Waals surface area contributed by atoms with Gasteiger partial charge in [-0.2, -0.15) is 4.98 Å². The third kappa shape index (κ3) is 3.82. The number of rotatable bonds is 7. The van der Waals surface area contributed by atoms with Gasteiger partial charge in [-0.3, -0.25) is 9.36 Å². The molecule has 1 fully saturated rings. The first-order valence-corrected chi connectivity index (χ1v) is 10.8. The van der Waals surface area contributed by atoms with Crippen LogP contribution >= 0.6 is 11.8 Å². The van der Waals surface area contributed by atoms with Gasteiger partial charge in [0.15, 0.2) is 5.16 Å². The number of aryl methyl sites for hydroxylation is 1. The maximum atomic E-state index is 12.9. The Hall–Kier alpha value is -2.93. The van der Waals surface area contributed by atoms with Gasteiger partial charge in [-0.05, 0) is 31.4 Å². The van der Waals surface area contributed by atoms with E-state index < -0.39 is 0 Å². The molecule has 7 heteroatoms. The van der Waals surface area contributed by atoms with Crippen LogP contribution in [0, 0.1) is 0 Å². The van der Waals surface area contributed by atoms with Crippen molar-refractivity contribution in [3.05, 3.63) is 70.8 Å². The maximum absolute atomic E-state index is 12.9. The summed E-state index contributed by atoms with van der Waals surface area (Å²) < 4.78 is 7.26. The van der Waals surface area contributed by atoms with E-state index in [1.165, 1.54) is 0 Å². The molecule has 0 bridgehead atoms. The van der Waals surface area contributed by atoms with Crippen LogP contribution in [0.4, 0.5) is 0 Å². The summed E-state index contributed by atoms with van der Waals surface area (Å²) in [5.74, 6) is 2.09. The quantitative estimate of drug-likeness (QED) is 0.256. The summed E-state index contributed by atoms with van der Waals surface area (Å²) >= 11 is 1.63. The van der Waals surface area contributed by atoms with Gasteiger partial charge in [0.25, 0.3) is 5.56 Å². The molecule has 0 amide bonds. The van der Waals surface area contributed by atoms with Gasteiger partial charge in [0, 0.05) is 23.8 Å². The predicted molar refractivity (Wildman–Crippen MR) is 113 cm³/mol. The van der Waals surface area contributed by atoms with Crippen LogP contribution in [0.5, 0.6) is 0 Å². The van der Waals surface area contributed by atoms with Gasteiger partial charge < -0.3 is 4.52 Å². The first-order valence-electron chi connectivity index (χ1n) is 9.82. The summed E-state index contributed by atoms with van der Waals surface area (Å²) in [6.45, 7) is 0. The van der Waals surface area contributed by atoms with Crippen LogP contribution in [-0.4, -0.2) is 25.4 Å². The van der Waals surface area contributed by atoms with Crippen LogP contribution in [0.25, 0.3) is 22.3 Å². The Kier molecular flexibility index (Phi) is 4.89. The summed E-state index contributed by atoms with van der Waals surface area (Å²) in [4.78, 5) is 22.1. The minimum Gasteiger partial charge on any atom is -0.339 e. The van der Waals surface area contributed by atoms with E-state index in [4.69, 9.17) is 9.51 Å². The summed E-state index contributed by atoms with van der Waals surface area (Å²) in [6.07, 6.45) is 3.68. The van der Waals surface area contributed by atoms with Gasteiger partial charge in [0.2, 0.25) is 11.7 Å². The third-order valence-electron chi connectivity index (χ3n) is 4.95. The van der Waals surface area contributed by atoms with Gasteiger partial charge in [-0.15, -0.1) is 0 Å². The Morgan fingerprint density at radius 1 is 1.03 bits per heavy atom. The second-order valence-corrected chi connectivity index (χ2v) is 8.21. The van der Waals surface area contributed by atoms with Crippen molar-refractivity contribution in [3.8, 4) is 11.4 Å². The van der Waals surface area contributed by atoms with Crippen molar-refractivity contribution in [1.29, 1.82) is 0 Å². The molecule has 0 saturated heterocycles. The molecule has 0 spiro atoms.